The molecular formula is C20H29N3O5S. The maximum absolute atomic E-state index is 12.7. The Balaban J connectivity index is 1.53. The second-order valence-electron chi connectivity index (χ2n) is 9.49. The molecule has 4 aliphatic rings. The van der Waals surface area contributed by atoms with Gasteiger partial charge >= 0.3 is 0 Å². The number of nitrogens with one attached hydrogen (secondary N) is 1. The Hall–Kier alpha value is -1.58. The zero-order valence-electron chi connectivity index (χ0n) is 17.3. The summed E-state index contributed by atoms with van der Waals surface area (Å²) in [5.74, 6) is -2.39. The van der Waals surface area contributed by atoms with E-state index in [1.165, 1.54) is 16.7 Å². The average molecular weight is 424 g/mol. The van der Waals surface area contributed by atoms with Crippen molar-refractivity contribution in [3.05, 3.63) is 10.6 Å². The number of aliphatic hydroxyl groups excluding tert-OH is 1. The number of carboxylic acid groups (broad SMARTS) is 1. The summed E-state index contributed by atoms with van der Waals surface area (Å²) in [7, 11) is 4.06. The molecule has 6 atom stereocenters. The van der Waals surface area contributed by atoms with E-state index in [4.69, 9.17) is 0 Å². The first-order chi connectivity index (χ1) is 13.5. The number of hydrogen-bond donors (Lipinski definition) is 2. The van der Waals surface area contributed by atoms with E-state index in [-0.39, 0.29) is 40.8 Å². The number of amides is 2. The molecule has 3 fully saturated rings. The van der Waals surface area contributed by atoms with Crippen molar-refractivity contribution < 1.29 is 29.1 Å². The molecule has 3 aliphatic heterocycles. The van der Waals surface area contributed by atoms with Crippen molar-refractivity contribution in [2.75, 3.05) is 20.6 Å². The van der Waals surface area contributed by atoms with Crippen LogP contribution in [0.4, 0.5) is 0 Å². The summed E-state index contributed by atoms with van der Waals surface area (Å²) in [6, 6.07) is -0.195. The lowest BCUT2D eigenvalue weighted by atomic mass is 9.79. The number of likely N-dealkylation sites (N-methyl/N-ethyl adjacent to an activating group) is 1. The molecule has 0 aromatic rings. The van der Waals surface area contributed by atoms with Gasteiger partial charge in [-0.1, -0.05) is 6.92 Å². The van der Waals surface area contributed by atoms with E-state index in [1.807, 2.05) is 21.0 Å². The van der Waals surface area contributed by atoms with E-state index >= 15 is 0 Å². The standard InChI is InChI=1S/C20H29N3O5S/c1-9-15-14(10(2)24)19(26)22(15)16(20(27)28)17(9)29-12-7-13(23(3,4)8-12)18(25)21-11-5-6-11/h9-15,24H,5-8H2,1-4H3,(H-,21,25,27,28)/t9?,10?,12?,13?,14?,15-/m0/s1. The Kier molecular flexibility index (Phi) is 4.99. The number of likely N-dealkylation sites (tertiary alicyclic amines) is 1. The minimum atomic E-state index is -1.35. The molecule has 160 valence electrons. The summed E-state index contributed by atoms with van der Waals surface area (Å²) in [5, 5.41) is 25.0. The molecule has 1 saturated carbocycles. The predicted molar refractivity (Wildman–Crippen MR) is 105 cm³/mol. The Morgan fingerprint density at radius 1 is 1.34 bits per heavy atom. The number of rotatable bonds is 6. The molecule has 29 heavy (non-hydrogen) atoms. The third-order valence-corrected chi connectivity index (χ3v) is 8.32. The highest BCUT2D eigenvalue weighted by Gasteiger charge is 2.59. The van der Waals surface area contributed by atoms with Gasteiger partial charge in [0.15, 0.2) is 6.04 Å². The number of carbonyl (C=O) groups excluding carboxylic acids is 3. The Labute approximate surface area is 174 Å². The van der Waals surface area contributed by atoms with Crippen LogP contribution in [0.1, 0.15) is 33.1 Å². The Morgan fingerprint density at radius 3 is 2.55 bits per heavy atom. The van der Waals surface area contributed by atoms with Gasteiger partial charge in [0, 0.05) is 23.3 Å². The van der Waals surface area contributed by atoms with Gasteiger partial charge in [0.2, 0.25) is 5.91 Å². The quantitative estimate of drug-likeness (QED) is 0.420. The maximum atomic E-state index is 12.7. The fourth-order valence-corrected chi connectivity index (χ4v) is 6.89. The van der Waals surface area contributed by atoms with Gasteiger partial charge in [-0.2, -0.15) is 0 Å². The molecular weight excluding hydrogens is 394 g/mol. The normalized spacial score (nSPS) is 36.7. The monoisotopic (exact) mass is 423 g/mol. The summed E-state index contributed by atoms with van der Waals surface area (Å²) in [5.41, 5.74) is -0.0504. The highest BCUT2D eigenvalue weighted by molar-refractivity contribution is 8.03. The van der Waals surface area contributed by atoms with Crippen LogP contribution in [-0.4, -0.2) is 82.4 Å². The molecule has 4 rings (SSSR count). The summed E-state index contributed by atoms with van der Waals surface area (Å²) in [6.07, 6.45) is 1.92. The van der Waals surface area contributed by atoms with Crippen LogP contribution in [-0.2, 0) is 14.4 Å². The molecule has 2 saturated heterocycles. The molecule has 8 nitrogen and oxygen atoms in total. The summed E-state index contributed by atoms with van der Waals surface area (Å²) in [4.78, 5) is 38.9. The van der Waals surface area contributed by atoms with Gasteiger partial charge in [0.1, 0.15) is 0 Å². The van der Waals surface area contributed by atoms with Gasteiger partial charge in [-0.15, -0.1) is 11.8 Å². The third-order valence-electron chi connectivity index (χ3n) is 6.83. The van der Waals surface area contributed by atoms with Crippen molar-refractivity contribution in [2.45, 2.75) is 62.6 Å². The number of carbonyl (C=O) groups is 3. The van der Waals surface area contributed by atoms with Crippen molar-refractivity contribution in [1.29, 1.82) is 0 Å². The molecule has 2 amide bonds. The van der Waals surface area contributed by atoms with Gasteiger partial charge < -0.3 is 29.7 Å². The number of aliphatic carboxylic acids is 1. The van der Waals surface area contributed by atoms with Crippen LogP contribution in [0.15, 0.2) is 10.6 Å². The number of carboxylic acids is 1. The van der Waals surface area contributed by atoms with Gasteiger partial charge in [-0.25, -0.2) is 0 Å². The smallest absolute Gasteiger partial charge is 0.278 e. The minimum Gasteiger partial charge on any atom is -0.543 e. The lowest BCUT2D eigenvalue weighted by molar-refractivity contribution is -0.892. The summed E-state index contributed by atoms with van der Waals surface area (Å²) in [6.45, 7) is 4.21. The molecule has 0 bridgehead atoms. The SMILES string of the molecule is CC(O)C1C(=O)N2C(C(=O)[O-])=C(SC3CC(C(=O)NC4CC4)[N+](C)(C)C3)C(C)[C@@H]12. The van der Waals surface area contributed by atoms with Crippen molar-refractivity contribution >= 4 is 29.5 Å². The van der Waals surface area contributed by atoms with Crippen molar-refractivity contribution in [3.8, 4) is 0 Å². The van der Waals surface area contributed by atoms with Crippen LogP contribution >= 0.6 is 11.8 Å². The number of β-lactam (4-membered cyclic amide) rings is 1. The van der Waals surface area contributed by atoms with Crippen LogP contribution < -0.4 is 10.4 Å². The lowest BCUT2D eigenvalue weighted by Gasteiger charge is -2.47. The molecule has 5 unspecified atom stereocenters. The Morgan fingerprint density at radius 2 is 2.00 bits per heavy atom. The molecule has 3 heterocycles. The molecule has 0 radical (unpaired) electrons. The number of thioether (sulfide) groups is 1. The predicted octanol–water partition coefficient (Wildman–Crippen LogP) is -0.965. The third kappa shape index (κ3) is 3.37. The van der Waals surface area contributed by atoms with Crippen LogP contribution in [0.3, 0.4) is 0 Å². The van der Waals surface area contributed by atoms with Crippen molar-refractivity contribution in [1.82, 2.24) is 10.2 Å². The fraction of sp³-hybridized carbons (Fsp3) is 0.750. The topological polar surface area (TPSA) is 110 Å². The zero-order chi connectivity index (χ0) is 21.2. The van der Waals surface area contributed by atoms with E-state index in [0.29, 0.717) is 21.9 Å². The number of nitrogens with zero attached hydrogens (tertiary/aromatic N) is 2. The second-order valence-corrected chi connectivity index (χ2v) is 10.8. The van der Waals surface area contributed by atoms with Crippen LogP contribution in [0.5, 0.6) is 0 Å². The first kappa shape index (κ1) is 20.7. The van der Waals surface area contributed by atoms with E-state index in [0.717, 1.165) is 19.4 Å². The van der Waals surface area contributed by atoms with Gasteiger partial charge in [0.25, 0.3) is 5.91 Å². The second kappa shape index (κ2) is 6.99. The average Bonchev–Trinajstić information content (AvgIpc) is 3.30. The number of hydrogen-bond acceptors (Lipinski definition) is 6. The maximum Gasteiger partial charge on any atom is 0.278 e. The number of aliphatic hydroxyl groups is 1. The van der Waals surface area contributed by atoms with Crippen molar-refractivity contribution in [2.24, 2.45) is 11.8 Å². The molecule has 1 aliphatic carbocycles. The highest BCUT2D eigenvalue weighted by atomic mass is 32.2. The van der Waals surface area contributed by atoms with Crippen LogP contribution in [0.2, 0.25) is 0 Å². The Bertz CT molecular complexity index is 791. The molecule has 0 aromatic heterocycles. The van der Waals surface area contributed by atoms with Gasteiger partial charge in [-0.05, 0) is 19.8 Å². The van der Waals surface area contributed by atoms with E-state index in [2.05, 4.69) is 5.32 Å². The minimum absolute atomic E-state index is 0.0504. The molecule has 9 heteroatoms. The van der Waals surface area contributed by atoms with Crippen LogP contribution in [0.25, 0.3) is 0 Å². The van der Waals surface area contributed by atoms with Crippen molar-refractivity contribution in [3.63, 3.8) is 0 Å². The summed E-state index contributed by atoms with van der Waals surface area (Å²) < 4.78 is 0.556. The first-order valence-electron chi connectivity index (χ1n) is 10.3. The van der Waals surface area contributed by atoms with E-state index in [9.17, 15) is 24.6 Å². The fourth-order valence-electron chi connectivity index (χ4n) is 5.14. The van der Waals surface area contributed by atoms with Gasteiger partial charge in [-0.3, -0.25) is 9.59 Å². The first-order valence-corrected chi connectivity index (χ1v) is 11.2. The molecule has 0 spiro atoms. The van der Waals surface area contributed by atoms with E-state index < -0.39 is 18.0 Å². The summed E-state index contributed by atoms with van der Waals surface area (Å²) >= 11 is 1.47. The zero-order valence-corrected chi connectivity index (χ0v) is 18.1. The van der Waals surface area contributed by atoms with E-state index in [1.54, 1.807) is 6.92 Å². The van der Waals surface area contributed by atoms with Crippen LogP contribution in [0, 0.1) is 11.8 Å². The largest absolute Gasteiger partial charge is 0.543 e. The molecule has 2 N–H and O–H groups in total. The number of quaternary nitrogens is 1. The highest BCUT2D eigenvalue weighted by Crippen LogP contribution is 2.52. The number of fused-ring (bicyclic) bond motifs is 1. The molecule has 0 aromatic carbocycles. The lowest BCUT2D eigenvalue weighted by Crippen LogP contribution is -2.64. The van der Waals surface area contributed by atoms with Gasteiger partial charge in [0.05, 0.1) is 55.6 Å².